The topological polar surface area (TPSA) is 36.4 Å². The van der Waals surface area contributed by atoms with Crippen LogP contribution < -0.4 is 0 Å². The molecular weight excluding hydrogens is 378 g/mol. The fraction of sp³-hybridized carbons (Fsp3) is 0.333. The molecule has 1 fully saturated rings. The number of hydrogen-bond donors (Lipinski definition) is 0. The minimum absolute atomic E-state index is 0.230. The second-order valence-electron chi connectivity index (χ2n) is 8.19. The molecule has 150 valence electrons. The van der Waals surface area contributed by atoms with Crippen molar-refractivity contribution in [3.05, 3.63) is 76.7 Å². The molecule has 0 spiro atoms. The highest BCUT2D eigenvalue weighted by molar-refractivity contribution is 7.08. The number of thiophene rings is 1. The van der Waals surface area contributed by atoms with Crippen LogP contribution in [0, 0.1) is 5.41 Å². The molecule has 1 aliphatic rings. The first-order chi connectivity index (χ1) is 14.1. The van der Waals surface area contributed by atoms with Crippen molar-refractivity contribution >= 4 is 17.2 Å². The predicted molar refractivity (Wildman–Crippen MR) is 119 cm³/mol. The Hall–Kier alpha value is -2.50. The van der Waals surface area contributed by atoms with Crippen molar-refractivity contribution in [1.29, 1.82) is 0 Å². The van der Waals surface area contributed by atoms with Crippen LogP contribution in [0.1, 0.15) is 17.5 Å². The summed E-state index contributed by atoms with van der Waals surface area (Å²) < 4.78 is 0. The molecule has 0 N–H and O–H groups in total. The average Bonchev–Trinajstić information content (AvgIpc) is 3.40. The van der Waals surface area contributed by atoms with Crippen LogP contribution >= 0.6 is 11.3 Å². The number of nitrogens with zero attached hydrogens (tertiary/aromatic N) is 3. The van der Waals surface area contributed by atoms with Crippen LogP contribution in [0.3, 0.4) is 0 Å². The van der Waals surface area contributed by atoms with Gasteiger partial charge in [-0.1, -0.05) is 30.3 Å². The van der Waals surface area contributed by atoms with Gasteiger partial charge in [0, 0.05) is 39.6 Å². The lowest BCUT2D eigenvalue weighted by Crippen LogP contribution is -2.43. The molecule has 3 aromatic rings. The van der Waals surface area contributed by atoms with Crippen LogP contribution in [-0.2, 0) is 17.8 Å². The minimum atomic E-state index is -0.365. The fourth-order valence-electron chi connectivity index (χ4n) is 4.35. The van der Waals surface area contributed by atoms with E-state index in [1.807, 2.05) is 26.4 Å². The molecule has 1 atom stereocenters. The van der Waals surface area contributed by atoms with E-state index in [4.69, 9.17) is 0 Å². The van der Waals surface area contributed by atoms with E-state index in [1.54, 1.807) is 22.4 Å². The lowest BCUT2D eigenvalue weighted by Gasteiger charge is -2.31. The second-order valence-corrected chi connectivity index (χ2v) is 8.97. The monoisotopic (exact) mass is 405 g/mol. The quantitative estimate of drug-likeness (QED) is 0.612. The molecule has 1 aromatic carbocycles. The van der Waals surface area contributed by atoms with E-state index < -0.39 is 0 Å². The molecule has 3 heterocycles. The molecule has 0 saturated carbocycles. The van der Waals surface area contributed by atoms with Crippen LogP contribution in [0.2, 0.25) is 0 Å². The Morgan fingerprint density at radius 1 is 1.14 bits per heavy atom. The Balaban J connectivity index is 1.52. The molecule has 0 bridgehead atoms. The molecule has 5 heteroatoms. The molecule has 0 unspecified atom stereocenters. The number of pyridine rings is 1. The van der Waals surface area contributed by atoms with Gasteiger partial charge in [-0.2, -0.15) is 11.3 Å². The number of likely N-dealkylation sites (tertiary alicyclic amines) is 1. The van der Waals surface area contributed by atoms with Crippen LogP contribution in [0.25, 0.3) is 11.1 Å². The zero-order chi connectivity index (χ0) is 20.3. The molecule has 1 aliphatic heterocycles. The number of rotatable bonds is 6. The SMILES string of the molecule is CN(C)C(=O)[C@@]1(Cc2ccc(-c3ccsc3)cc2)CCN(Cc2cccnc2)C1. The van der Waals surface area contributed by atoms with Gasteiger partial charge in [0.15, 0.2) is 0 Å². The first kappa shape index (κ1) is 19.8. The van der Waals surface area contributed by atoms with Crippen LogP contribution in [0.15, 0.2) is 65.6 Å². The highest BCUT2D eigenvalue weighted by Gasteiger charge is 2.45. The maximum atomic E-state index is 13.2. The number of aromatic nitrogens is 1. The van der Waals surface area contributed by atoms with Crippen LogP contribution in [0.4, 0.5) is 0 Å². The summed E-state index contributed by atoms with van der Waals surface area (Å²) in [5.74, 6) is 0.230. The standard InChI is InChI=1S/C24H27N3OS/c1-26(2)23(28)24(10-12-27(18-24)16-20-4-3-11-25-15-20)14-19-5-7-21(8-6-19)22-9-13-29-17-22/h3-9,11,13,15,17H,10,12,14,16,18H2,1-2H3/t24-/m1/s1. The van der Waals surface area contributed by atoms with E-state index in [0.717, 1.165) is 32.5 Å². The van der Waals surface area contributed by atoms with Crippen molar-refractivity contribution in [2.24, 2.45) is 5.41 Å². The summed E-state index contributed by atoms with van der Waals surface area (Å²) in [4.78, 5) is 21.6. The normalized spacial score (nSPS) is 19.4. The van der Waals surface area contributed by atoms with Crippen molar-refractivity contribution in [3.8, 4) is 11.1 Å². The van der Waals surface area contributed by atoms with Gasteiger partial charge in [-0.3, -0.25) is 14.7 Å². The number of benzene rings is 1. The largest absolute Gasteiger partial charge is 0.348 e. The zero-order valence-corrected chi connectivity index (χ0v) is 17.9. The first-order valence-electron chi connectivity index (χ1n) is 10.0. The van der Waals surface area contributed by atoms with Crippen molar-refractivity contribution in [2.45, 2.75) is 19.4 Å². The summed E-state index contributed by atoms with van der Waals surface area (Å²) in [5.41, 5.74) is 4.54. The van der Waals surface area contributed by atoms with E-state index in [0.29, 0.717) is 0 Å². The van der Waals surface area contributed by atoms with E-state index in [-0.39, 0.29) is 11.3 Å². The van der Waals surface area contributed by atoms with E-state index in [9.17, 15) is 4.79 Å². The van der Waals surface area contributed by atoms with Gasteiger partial charge in [-0.05, 0) is 64.5 Å². The fourth-order valence-corrected chi connectivity index (χ4v) is 5.01. The maximum Gasteiger partial charge on any atom is 0.229 e. The Labute approximate surface area is 176 Å². The van der Waals surface area contributed by atoms with Crippen LogP contribution in [0.5, 0.6) is 0 Å². The maximum absolute atomic E-state index is 13.2. The molecule has 1 saturated heterocycles. The molecule has 4 rings (SSSR count). The van der Waals surface area contributed by atoms with E-state index in [2.05, 4.69) is 57.0 Å². The highest BCUT2D eigenvalue weighted by Crippen LogP contribution is 2.37. The summed E-state index contributed by atoms with van der Waals surface area (Å²) in [7, 11) is 3.74. The van der Waals surface area contributed by atoms with Gasteiger partial charge in [0.1, 0.15) is 0 Å². The van der Waals surface area contributed by atoms with Gasteiger partial charge in [0.25, 0.3) is 0 Å². The minimum Gasteiger partial charge on any atom is -0.348 e. The van der Waals surface area contributed by atoms with Crippen molar-refractivity contribution < 1.29 is 4.79 Å². The zero-order valence-electron chi connectivity index (χ0n) is 17.0. The van der Waals surface area contributed by atoms with Crippen molar-refractivity contribution in [1.82, 2.24) is 14.8 Å². The molecule has 0 radical (unpaired) electrons. The van der Waals surface area contributed by atoms with E-state index in [1.165, 1.54) is 22.3 Å². The molecule has 29 heavy (non-hydrogen) atoms. The summed E-state index contributed by atoms with van der Waals surface area (Å²) in [6.07, 6.45) is 5.37. The Kier molecular flexibility index (Phi) is 5.79. The lowest BCUT2D eigenvalue weighted by atomic mass is 9.79. The molecular formula is C24H27N3OS. The Morgan fingerprint density at radius 3 is 2.62 bits per heavy atom. The molecule has 2 aromatic heterocycles. The van der Waals surface area contributed by atoms with E-state index >= 15 is 0 Å². The molecule has 1 amide bonds. The number of carbonyl (C=O) groups excluding carboxylic acids is 1. The van der Waals surface area contributed by atoms with Gasteiger partial charge >= 0.3 is 0 Å². The average molecular weight is 406 g/mol. The Morgan fingerprint density at radius 2 is 1.97 bits per heavy atom. The molecule has 4 nitrogen and oxygen atoms in total. The van der Waals surface area contributed by atoms with Crippen LogP contribution in [-0.4, -0.2) is 47.9 Å². The summed E-state index contributed by atoms with van der Waals surface area (Å²) >= 11 is 1.71. The summed E-state index contributed by atoms with van der Waals surface area (Å²) in [6.45, 7) is 2.56. The number of carbonyl (C=O) groups is 1. The molecule has 0 aliphatic carbocycles. The van der Waals surface area contributed by atoms with Gasteiger partial charge in [0.05, 0.1) is 5.41 Å². The third-order valence-electron chi connectivity index (χ3n) is 5.77. The second kappa shape index (κ2) is 8.47. The van der Waals surface area contributed by atoms with Gasteiger partial charge < -0.3 is 4.90 Å². The van der Waals surface area contributed by atoms with Gasteiger partial charge in [-0.15, -0.1) is 0 Å². The summed E-state index contributed by atoms with van der Waals surface area (Å²) in [5, 5.41) is 4.27. The smallest absolute Gasteiger partial charge is 0.229 e. The highest BCUT2D eigenvalue weighted by atomic mass is 32.1. The lowest BCUT2D eigenvalue weighted by molar-refractivity contribution is -0.138. The summed E-state index contributed by atoms with van der Waals surface area (Å²) in [6, 6.07) is 14.9. The first-order valence-corrected chi connectivity index (χ1v) is 10.9. The Bertz CT molecular complexity index is 938. The predicted octanol–water partition coefficient (Wildman–Crippen LogP) is 4.33. The van der Waals surface area contributed by atoms with Gasteiger partial charge in [0.2, 0.25) is 5.91 Å². The van der Waals surface area contributed by atoms with Crippen molar-refractivity contribution in [2.75, 3.05) is 27.2 Å². The third kappa shape index (κ3) is 4.41. The van der Waals surface area contributed by atoms with Crippen molar-refractivity contribution in [3.63, 3.8) is 0 Å². The van der Waals surface area contributed by atoms with Gasteiger partial charge in [-0.25, -0.2) is 0 Å². The number of amides is 1. The third-order valence-corrected chi connectivity index (χ3v) is 6.46. The number of hydrogen-bond acceptors (Lipinski definition) is 4.